The van der Waals surface area contributed by atoms with Gasteiger partial charge in [0.05, 0.1) is 0 Å². The summed E-state index contributed by atoms with van der Waals surface area (Å²) in [6, 6.07) is 6.83. The van der Waals surface area contributed by atoms with E-state index >= 15 is 0 Å². The van der Waals surface area contributed by atoms with Crippen LogP contribution in [0.5, 0.6) is 0 Å². The molecule has 0 heterocycles. The molecule has 0 fully saturated rings. The number of rotatable bonds is 9. The van der Waals surface area contributed by atoms with Crippen LogP contribution in [0.4, 0.5) is 0 Å². The largest absolute Gasteiger partial charge is 0.103 e. The van der Waals surface area contributed by atoms with E-state index in [0.717, 1.165) is 12.8 Å². The van der Waals surface area contributed by atoms with E-state index in [1.165, 1.54) is 59.9 Å². The fourth-order valence-electron chi connectivity index (χ4n) is 2.88. The van der Waals surface area contributed by atoms with Crippen molar-refractivity contribution in [3.8, 4) is 0 Å². The molecule has 0 spiro atoms. The Morgan fingerprint density at radius 1 is 1.00 bits per heavy atom. The molecule has 1 rings (SSSR count). The maximum atomic E-state index is 4.37. The highest BCUT2D eigenvalue weighted by molar-refractivity contribution is 5.74. The Bertz CT molecular complexity index is 566. The van der Waals surface area contributed by atoms with Gasteiger partial charge in [-0.25, -0.2) is 0 Å². The van der Waals surface area contributed by atoms with Crippen molar-refractivity contribution >= 4 is 11.1 Å². The van der Waals surface area contributed by atoms with Crippen LogP contribution in [-0.4, -0.2) is 0 Å². The van der Waals surface area contributed by atoms with E-state index in [-0.39, 0.29) is 5.41 Å². The maximum absolute atomic E-state index is 4.37. The molecule has 0 amide bonds. The van der Waals surface area contributed by atoms with E-state index in [1.54, 1.807) is 6.08 Å². The summed E-state index contributed by atoms with van der Waals surface area (Å²) in [6.45, 7) is 25.2. The standard InChI is InChI=1S/C23H36.C3H6/c1-8-10-11-12-13-14-18(3)21-16-15-20(9-2)22(17-21)19(4)23(5,6)7;1-3-2/h15-17H,3-4,8-14H2,1-2,5-7H3;3H,1H2,2H3. The average Bonchev–Trinajstić information content (AvgIpc) is 2.60. The smallest absolute Gasteiger partial charge is 0.0132 e. The minimum Gasteiger partial charge on any atom is -0.103 e. The quantitative estimate of drug-likeness (QED) is 0.307. The lowest BCUT2D eigenvalue weighted by molar-refractivity contribution is 0.567. The van der Waals surface area contributed by atoms with Gasteiger partial charge in [-0.15, -0.1) is 6.58 Å². The van der Waals surface area contributed by atoms with Crippen molar-refractivity contribution < 1.29 is 0 Å². The van der Waals surface area contributed by atoms with Gasteiger partial charge >= 0.3 is 0 Å². The van der Waals surface area contributed by atoms with Gasteiger partial charge in [0.1, 0.15) is 0 Å². The van der Waals surface area contributed by atoms with Crippen LogP contribution >= 0.6 is 0 Å². The van der Waals surface area contributed by atoms with Crippen LogP contribution in [0.25, 0.3) is 11.1 Å². The molecule has 0 radical (unpaired) electrons. The summed E-state index contributed by atoms with van der Waals surface area (Å²) in [4.78, 5) is 0. The monoisotopic (exact) mass is 354 g/mol. The van der Waals surface area contributed by atoms with Gasteiger partial charge in [-0.3, -0.25) is 0 Å². The first-order valence-corrected chi connectivity index (χ1v) is 10.3. The Balaban J connectivity index is 0.00000194. The van der Waals surface area contributed by atoms with Crippen LogP contribution in [0.3, 0.4) is 0 Å². The van der Waals surface area contributed by atoms with Crippen LogP contribution in [0.1, 0.15) is 96.8 Å². The normalized spacial score (nSPS) is 10.7. The second kappa shape index (κ2) is 12.7. The third-order valence-electron chi connectivity index (χ3n) is 4.71. The summed E-state index contributed by atoms with van der Waals surface area (Å²) in [6.07, 6.45) is 10.5. The molecule has 0 unspecified atom stereocenters. The van der Waals surface area contributed by atoms with E-state index in [1.807, 2.05) is 6.92 Å². The zero-order chi connectivity index (χ0) is 20.2. The summed E-state index contributed by atoms with van der Waals surface area (Å²) in [5, 5.41) is 0. The zero-order valence-corrected chi connectivity index (χ0v) is 18.4. The highest BCUT2D eigenvalue weighted by Crippen LogP contribution is 2.36. The summed E-state index contributed by atoms with van der Waals surface area (Å²) < 4.78 is 0. The van der Waals surface area contributed by atoms with E-state index < -0.39 is 0 Å². The summed E-state index contributed by atoms with van der Waals surface area (Å²) in [7, 11) is 0. The lowest BCUT2D eigenvalue weighted by atomic mass is 9.80. The summed E-state index contributed by atoms with van der Waals surface area (Å²) in [5.74, 6) is 0. The van der Waals surface area contributed by atoms with Crippen molar-refractivity contribution in [2.24, 2.45) is 5.41 Å². The fourth-order valence-corrected chi connectivity index (χ4v) is 2.88. The molecule has 0 nitrogen and oxygen atoms in total. The van der Waals surface area contributed by atoms with Gasteiger partial charge in [0.15, 0.2) is 0 Å². The molecule has 0 aromatic heterocycles. The number of allylic oxidation sites excluding steroid dienone is 3. The first kappa shape index (κ1) is 24.4. The van der Waals surface area contributed by atoms with Crippen LogP contribution in [0, 0.1) is 5.41 Å². The van der Waals surface area contributed by atoms with Gasteiger partial charge < -0.3 is 0 Å². The number of benzene rings is 1. The van der Waals surface area contributed by atoms with Crippen molar-refractivity contribution in [3.63, 3.8) is 0 Å². The van der Waals surface area contributed by atoms with Gasteiger partial charge in [-0.05, 0) is 65.5 Å². The molecule has 0 atom stereocenters. The Morgan fingerprint density at radius 2 is 1.58 bits per heavy atom. The van der Waals surface area contributed by atoms with Crippen molar-refractivity contribution in [1.82, 2.24) is 0 Å². The third-order valence-corrected chi connectivity index (χ3v) is 4.71. The van der Waals surface area contributed by atoms with Gasteiger partial charge in [0.2, 0.25) is 0 Å². The van der Waals surface area contributed by atoms with Gasteiger partial charge in [-0.2, -0.15) is 0 Å². The fraction of sp³-hybridized carbons (Fsp3) is 0.538. The van der Waals surface area contributed by atoms with E-state index in [0.29, 0.717) is 0 Å². The Labute approximate surface area is 164 Å². The molecule has 1 aromatic carbocycles. The molecule has 0 heteroatoms. The minimum absolute atomic E-state index is 0.101. The Kier molecular flexibility index (Phi) is 12.0. The number of hydrogen-bond acceptors (Lipinski definition) is 0. The third kappa shape index (κ3) is 8.70. The maximum Gasteiger partial charge on any atom is -0.0132 e. The van der Waals surface area contributed by atoms with Gasteiger partial charge in [0, 0.05) is 0 Å². The number of hydrogen-bond donors (Lipinski definition) is 0. The molecule has 0 saturated heterocycles. The van der Waals surface area contributed by atoms with E-state index in [4.69, 9.17) is 0 Å². The highest BCUT2D eigenvalue weighted by atomic mass is 14.2. The molecule has 0 aliphatic rings. The predicted octanol–water partition coefficient (Wildman–Crippen LogP) is 8.87. The lowest BCUT2D eigenvalue weighted by Crippen LogP contribution is -2.09. The second-order valence-corrected chi connectivity index (χ2v) is 8.13. The first-order valence-electron chi connectivity index (χ1n) is 10.3. The molecule has 146 valence electrons. The highest BCUT2D eigenvalue weighted by Gasteiger charge is 2.19. The summed E-state index contributed by atoms with van der Waals surface area (Å²) in [5.41, 5.74) is 6.61. The van der Waals surface area contributed by atoms with Crippen LogP contribution < -0.4 is 0 Å². The van der Waals surface area contributed by atoms with Crippen molar-refractivity contribution in [3.05, 3.63) is 60.7 Å². The molecule has 0 aliphatic heterocycles. The first-order chi connectivity index (χ1) is 12.2. The van der Waals surface area contributed by atoms with Gasteiger partial charge in [0.25, 0.3) is 0 Å². The molecule has 1 aromatic rings. The molecular weight excluding hydrogens is 312 g/mol. The second-order valence-electron chi connectivity index (χ2n) is 8.13. The zero-order valence-electron chi connectivity index (χ0n) is 18.4. The Hall–Kier alpha value is -1.56. The molecule has 0 N–H and O–H groups in total. The lowest BCUT2D eigenvalue weighted by Gasteiger charge is -2.25. The van der Waals surface area contributed by atoms with E-state index in [9.17, 15) is 0 Å². The number of aryl methyl sites for hydroxylation is 1. The van der Waals surface area contributed by atoms with Gasteiger partial charge in [-0.1, -0.05) is 91.7 Å². The van der Waals surface area contributed by atoms with Crippen molar-refractivity contribution in [2.75, 3.05) is 0 Å². The minimum atomic E-state index is 0.101. The topological polar surface area (TPSA) is 0 Å². The molecule has 0 saturated carbocycles. The van der Waals surface area contributed by atoms with Crippen LogP contribution in [0.2, 0.25) is 0 Å². The predicted molar refractivity (Wildman–Crippen MR) is 123 cm³/mol. The van der Waals surface area contributed by atoms with Crippen molar-refractivity contribution in [1.29, 1.82) is 0 Å². The van der Waals surface area contributed by atoms with Crippen LogP contribution in [0.15, 0.2) is 44.0 Å². The average molecular weight is 355 g/mol. The molecule has 26 heavy (non-hydrogen) atoms. The van der Waals surface area contributed by atoms with E-state index in [2.05, 4.69) is 72.6 Å². The summed E-state index contributed by atoms with van der Waals surface area (Å²) >= 11 is 0. The number of unbranched alkanes of at least 4 members (excludes halogenated alkanes) is 4. The Morgan fingerprint density at radius 3 is 2.08 bits per heavy atom. The molecular formula is C26H42. The molecule has 0 aliphatic carbocycles. The van der Waals surface area contributed by atoms with Crippen LogP contribution in [-0.2, 0) is 6.42 Å². The van der Waals surface area contributed by atoms with Crippen molar-refractivity contribution in [2.45, 2.75) is 86.5 Å². The SMILES string of the molecule is C=C(CCCCCCC)c1ccc(CC)c(C(=C)C(C)(C)C)c1.C=CC. The molecule has 0 bridgehead atoms.